The van der Waals surface area contributed by atoms with Crippen molar-refractivity contribution in [3.05, 3.63) is 78.9 Å². The minimum absolute atomic E-state index is 0.922. The van der Waals surface area contributed by atoms with Crippen LogP contribution in [0.2, 0.25) is 0 Å². The zero-order valence-electron chi connectivity index (χ0n) is 10.8. The molecule has 0 radical (unpaired) electrons. The van der Waals surface area contributed by atoms with Gasteiger partial charge in [0.2, 0.25) is 0 Å². The van der Waals surface area contributed by atoms with E-state index in [-0.39, 0.29) is 0 Å². The average molecular weight is 249 g/mol. The topological polar surface area (TPSA) is 38.7 Å². The average Bonchev–Trinajstić information content (AvgIpc) is 2.51. The van der Waals surface area contributed by atoms with Crippen LogP contribution in [0.1, 0.15) is 5.69 Å². The third-order valence-corrected chi connectivity index (χ3v) is 2.38. The molecular formula is C16H15N3. The van der Waals surface area contributed by atoms with Crippen molar-refractivity contribution in [2.24, 2.45) is 0 Å². The van der Waals surface area contributed by atoms with Crippen molar-refractivity contribution in [3.8, 4) is 11.4 Å². The summed E-state index contributed by atoms with van der Waals surface area (Å²) in [6.07, 6.45) is 5.28. The van der Waals surface area contributed by atoms with Crippen LogP contribution in [-0.2, 0) is 0 Å². The number of hydrogen-bond donors (Lipinski definition) is 0. The maximum Gasteiger partial charge on any atom is 0.0889 e. The van der Waals surface area contributed by atoms with E-state index in [0.717, 1.165) is 17.1 Å². The van der Waals surface area contributed by atoms with E-state index in [1.807, 2.05) is 61.5 Å². The van der Waals surface area contributed by atoms with Gasteiger partial charge in [0.25, 0.3) is 0 Å². The van der Waals surface area contributed by atoms with Crippen molar-refractivity contribution >= 4 is 0 Å². The molecule has 94 valence electrons. The van der Waals surface area contributed by atoms with Crippen molar-refractivity contribution in [2.75, 3.05) is 0 Å². The van der Waals surface area contributed by atoms with Crippen LogP contribution in [0, 0.1) is 6.92 Å². The number of nitrogens with zero attached hydrogens (tertiary/aromatic N) is 3. The number of aryl methyl sites for hydroxylation is 1. The molecule has 3 aromatic rings. The lowest BCUT2D eigenvalue weighted by molar-refractivity contribution is 1.18. The summed E-state index contributed by atoms with van der Waals surface area (Å²) in [5, 5.41) is 0. The molecule has 3 heterocycles. The molecule has 3 heteroatoms. The second kappa shape index (κ2) is 7.01. The predicted molar refractivity (Wildman–Crippen MR) is 76.4 cm³/mol. The van der Waals surface area contributed by atoms with Crippen LogP contribution in [0.4, 0.5) is 0 Å². The van der Waals surface area contributed by atoms with E-state index < -0.39 is 0 Å². The van der Waals surface area contributed by atoms with Crippen molar-refractivity contribution in [3.63, 3.8) is 0 Å². The molecule has 0 saturated carbocycles. The van der Waals surface area contributed by atoms with E-state index in [9.17, 15) is 0 Å². The predicted octanol–water partition coefficient (Wildman–Crippen LogP) is 3.53. The molecule has 0 bridgehead atoms. The van der Waals surface area contributed by atoms with E-state index in [1.165, 1.54) is 0 Å². The molecule has 0 atom stereocenters. The van der Waals surface area contributed by atoms with Gasteiger partial charge < -0.3 is 0 Å². The Hall–Kier alpha value is -2.55. The van der Waals surface area contributed by atoms with Crippen LogP contribution < -0.4 is 0 Å². The Kier molecular flexibility index (Phi) is 4.76. The lowest BCUT2D eigenvalue weighted by Gasteiger charge is -1.99. The monoisotopic (exact) mass is 249 g/mol. The fraction of sp³-hybridized carbons (Fsp3) is 0.0625. The summed E-state index contributed by atoms with van der Waals surface area (Å²) in [5.74, 6) is 0. The van der Waals surface area contributed by atoms with Crippen LogP contribution in [-0.4, -0.2) is 15.0 Å². The highest BCUT2D eigenvalue weighted by molar-refractivity contribution is 5.53. The van der Waals surface area contributed by atoms with Crippen LogP contribution >= 0.6 is 0 Å². The van der Waals surface area contributed by atoms with Crippen molar-refractivity contribution in [1.29, 1.82) is 0 Å². The van der Waals surface area contributed by atoms with E-state index in [0.29, 0.717) is 0 Å². The molecule has 0 fully saturated rings. The minimum atomic E-state index is 0.922. The Balaban J connectivity index is 0.000000186. The lowest BCUT2D eigenvalue weighted by atomic mass is 10.2. The maximum atomic E-state index is 4.38. The Morgan fingerprint density at radius 3 is 1.95 bits per heavy atom. The fourth-order valence-electron chi connectivity index (χ4n) is 1.51. The largest absolute Gasteiger partial charge is 0.265 e. The van der Waals surface area contributed by atoms with Crippen molar-refractivity contribution in [1.82, 2.24) is 15.0 Å². The maximum absolute atomic E-state index is 4.38. The highest BCUT2D eigenvalue weighted by atomic mass is 14.8. The Bertz CT molecular complexity index is 568. The van der Waals surface area contributed by atoms with Gasteiger partial charge in [-0.2, -0.15) is 0 Å². The summed E-state index contributed by atoms with van der Waals surface area (Å²) in [7, 11) is 0. The zero-order chi connectivity index (χ0) is 13.3. The zero-order valence-corrected chi connectivity index (χ0v) is 10.8. The first-order valence-corrected chi connectivity index (χ1v) is 6.06. The third-order valence-electron chi connectivity index (χ3n) is 2.38. The Morgan fingerprint density at radius 2 is 1.42 bits per heavy atom. The minimum Gasteiger partial charge on any atom is -0.265 e. The number of aromatic nitrogens is 3. The summed E-state index contributed by atoms with van der Waals surface area (Å²) in [4.78, 5) is 12.4. The van der Waals surface area contributed by atoms with Crippen LogP contribution in [0.25, 0.3) is 11.4 Å². The quantitative estimate of drug-likeness (QED) is 0.662. The Morgan fingerprint density at radius 1 is 0.684 bits per heavy atom. The second-order valence-electron chi connectivity index (χ2n) is 3.90. The van der Waals surface area contributed by atoms with Crippen molar-refractivity contribution in [2.45, 2.75) is 6.92 Å². The molecule has 0 unspecified atom stereocenters. The number of hydrogen-bond acceptors (Lipinski definition) is 3. The second-order valence-corrected chi connectivity index (χ2v) is 3.90. The van der Waals surface area contributed by atoms with E-state index in [4.69, 9.17) is 0 Å². The molecule has 19 heavy (non-hydrogen) atoms. The van der Waals surface area contributed by atoms with Gasteiger partial charge >= 0.3 is 0 Å². The normalized spacial score (nSPS) is 9.32. The van der Waals surface area contributed by atoms with Gasteiger partial charge in [0.05, 0.1) is 11.4 Å². The molecule has 3 nitrogen and oxygen atoms in total. The molecule has 3 rings (SSSR count). The molecule has 0 aromatic carbocycles. The van der Waals surface area contributed by atoms with Crippen LogP contribution in [0.5, 0.6) is 0 Å². The molecule has 0 spiro atoms. The standard InChI is InChI=1S/C11H10N2.C5H5N/c1-9-5-4-7-11(13-9)10-6-2-3-8-12-10;1-2-4-6-5-3-1/h2-8H,1H3;1-5H. The first-order valence-electron chi connectivity index (χ1n) is 6.06. The molecule has 0 aliphatic rings. The third kappa shape index (κ3) is 4.32. The fourth-order valence-corrected chi connectivity index (χ4v) is 1.51. The van der Waals surface area contributed by atoms with E-state index in [2.05, 4.69) is 15.0 Å². The molecule has 0 aliphatic heterocycles. The summed E-state index contributed by atoms with van der Waals surface area (Å²) >= 11 is 0. The summed E-state index contributed by atoms with van der Waals surface area (Å²) in [5.41, 5.74) is 2.87. The van der Waals surface area contributed by atoms with Gasteiger partial charge in [-0.3, -0.25) is 15.0 Å². The molecule has 3 aromatic heterocycles. The van der Waals surface area contributed by atoms with Gasteiger partial charge in [0.15, 0.2) is 0 Å². The lowest BCUT2D eigenvalue weighted by Crippen LogP contribution is -1.87. The summed E-state index contributed by atoms with van der Waals surface area (Å²) in [6.45, 7) is 1.98. The molecule has 0 N–H and O–H groups in total. The SMILES string of the molecule is Cc1cccc(-c2ccccn2)n1.c1ccncc1. The van der Waals surface area contributed by atoms with Crippen LogP contribution in [0.15, 0.2) is 73.2 Å². The first kappa shape index (κ1) is 12.9. The molecule has 0 saturated heterocycles. The van der Waals surface area contributed by atoms with E-state index >= 15 is 0 Å². The van der Waals surface area contributed by atoms with E-state index in [1.54, 1.807) is 18.6 Å². The Labute approximate surface area is 113 Å². The number of pyridine rings is 3. The summed E-state index contributed by atoms with van der Waals surface area (Å²) in [6, 6.07) is 17.5. The molecule has 0 aliphatic carbocycles. The van der Waals surface area contributed by atoms with Gasteiger partial charge in [-0.25, -0.2) is 0 Å². The van der Waals surface area contributed by atoms with Gasteiger partial charge in [0, 0.05) is 24.3 Å². The van der Waals surface area contributed by atoms with Gasteiger partial charge in [-0.15, -0.1) is 0 Å². The molecule has 0 amide bonds. The van der Waals surface area contributed by atoms with Crippen LogP contribution in [0.3, 0.4) is 0 Å². The van der Waals surface area contributed by atoms with Gasteiger partial charge in [-0.1, -0.05) is 18.2 Å². The first-order chi connectivity index (χ1) is 9.36. The van der Waals surface area contributed by atoms with Crippen molar-refractivity contribution < 1.29 is 0 Å². The highest BCUT2D eigenvalue weighted by Gasteiger charge is 1.97. The highest BCUT2D eigenvalue weighted by Crippen LogP contribution is 2.12. The number of rotatable bonds is 1. The van der Waals surface area contributed by atoms with Gasteiger partial charge in [0.1, 0.15) is 0 Å². The smallest absolute Gasteiger partial charge is 0.0889 e. The summed E-state index contributed by atoms with van der Waals surface area (Å²) < 4.78 is 0. The molecular weight excluding hydrogens is 234 g/mol. The van der Waals surface area contributed by atoms with Gasteiger partial charge in [-0.05, 0) is 43.3 Å².